The Bertz CT molecular complexity index is 643. The zero-order valence-electron chi connectivity index (χ0n) is 19.2. The van der Waals surface area contributed by atoms with E-state index in [2.05, 4.69) is 5.32 Å². The first-order valence-corrected chi connectivity index (χ1v) is 10.2. The molecule has 1 N–H and O–H groups in total. The number of hydrogen-bond donors (Lipinski definition) is 1. The molecule has 0 saturated carbocycles. The second-order valence-corrected chi connectivity index (χ2v) is 9.27. The van der Waals surface area contributed by atoms with E-state index >= 15 is 0 Å². The Hall–Kier alpha value is 0.104. The Kier molecular flexibility index (Phi) is 17.4. The molecule has 0 amide bonds. The number of halogens is 3. The predicted molar refractivity (Wildman–Crippen MR) is 103 cm³/mol. The van der Waals surface area contributed by atoms with Crippen LogP contribution in [0.15, 0.2) is 0 Å². The molecule has 1 aliphatic rings. The Morgan fingerprint density at radius 2 is 1.29 bits per heavy atom. The summed E-state index contributed by atoms with van der Waals surface area (Å²) < 4.78 is -0.851. The maximum atomic E-state index is 12.6. The van der Waals surface area contributed by atoms with Gasteiger partial charge in [0.25, 0.3) is 0 Å². The molecule has 1 fully saturated rings. The second-order valence-electron chi connectivity index (χ2n) is 7.98. The van der Waals surface area contributed by atoms with Crippen LogP contribution in [0.3, 0.4) is 0 Å². The number of ketones is 4. The molecule has 0 bridgehead atoms. The van der Waals surface area contributed by atoms with E-state index < -0.39 is 22.0 Å². The van der Waals surface area contributed by atoms with Gasteiger partial charge in [-0.25, -0.2) is 0 Å². The molecule has 1 saturated heterocycles. The van der Waals surface area contributed by atoms with Crippen molar-refractivity contribution in [3.8, 4) is 0 Å². The molecule has 1 heterocycles. The van der Waals surface area contributed by atoms with Gasteiger partial charge >= 0.3 is 180 Å². The topological polar surface area (TPSA) is 90.0 Å². The molecule has 31 heavy (non-hydrogen) atoms. The average Bonchev–Trinajstić information content (AvgIpc) is 2.56. The van der Waals surface area contributed by atoms with E-state index in [4.69, 9.17) is 0 Å². The quantitative estimate of drug-likeness (QED) is 0.355. The molecule has 0 aliphatic carbocycles. The van der Waals surface area contributed by atoms with Gasteiger partial charge in [0.1, 0.15) is 0 Å². The van der Waals surface area contributed by atoms with Crippen LogP contribution in [-0.2, 0) is 39.6 Å². The molecule has 0 radical (unpaired) electrons. The zero-order chi connectivity index (χ0) is 21.8. The summed E-state index contributed by atoms with van der Waals surface area (Å²) in [6.45, 7) is 7.42. The van der Waals surface area contributed by atoms with E-state index in [0.717, 1.165) is 0 Å². The molecule has 0 aromatic carbocycles. The van der Waals surface area contributed by atoms with Gasteiger partial charge in [0.2, 0.25) is 0 Å². The van der Waals surface area contributed by atoms with Gasteiger partial charge in [0.15, 0.2) is 0 Å². The molecule has 0 spiro atoms. The third kappa shape index (κ3) is 9.47. The van der Waals surface area contributed by atoms with E-state index in [1.165, 1.54) is 27.7 Å². The van der Waals surface area contributed by atoms with Gasteiger partial charge in [-0.05, 0) is 0 Å². The Balaban J connectivity index is -0.00000261. The molecular weight excluding hydrogens is 502 g/mol. The SMILES string of the molecule is CC(=O)C1CN(C)C(C(C)=O)CN(C)[C]([Ti+3])(C(C)=O)CN(C)C(C(C)=O)CN1.[Cl-].[Cl-].[Cl-]. The molecule has 12 heteroatoms. The van der Waals surface area contributed by atoms with Crippen molar-refractivity contribution < 1.29 is 76.8 Å². The van der Waals surface area contributed by atoms with Crippen molar-refractivity contribution in [1.82, 2.24) is 20.0 Å². The Morgan fingerprint density at radius 3 is 1.68 bits per heavy atom. The van der Waals surface area contributed by atoms with Crippen molar-refractivity contribution in [2.45, 2.75) is 49.7 Å². The minimum atomic E-state index is -0.851. The number of carbonyl (C=O) groups is 4. The molecule has 0 aromatic heterocycles. The summed E-state index contributed by atoms with van der Waals surface area (Å²) in [4.78, 5) is 54.9. The van der Waals surface area contributed by atoms with Gasteiger partial charge < -0.3 is 37.2 Å². The smallest absolute Gasteiger partial charge is 1.00 e. The summed E-state index contributed by atoms with van der Waals surface area (Å²) in [6, 6.07) is -1.38. The predicted octanol–water partition coefficient (Wildman–Crippen LogP) is -9.90. The number of carbonyl (C=O) groups excluding carboxylic acids is 4. The van der Waals surface area contributed by atoms with Crippen LogP contribution in [0.25, 0.3) is 0 Å². The summed E-state index contributed by atoms with van der Waals surface area (Å²) in [6.07, 6.45) is 0. The number of likely N-dealkylation sites (N-methyl/N-ethyl adjacent to an activating group) is 3. The Morgan fingerprint density at radius 1 is 0.806 bits per heavy atom. The van der Waals surface area contributed by atoms with Crippen molar-refractivity contribution >= 4 is 23.1 Å². The van der Waals surface area contributed by atoms with Crippen molar-refractivity contribution in [3.05, 3.63) is 0 Å². The van der Waals surface area contributed by atoms with E-state index in [0.29, 0.717) is 26.2 Å². The van der Waals surface area contributed by atoms with Gasteiger partial charge in [-0.2, -0.15) is 0 Å². The number of nitrogens with zero attached hydrogens (tertiary/aromatic N) is 3. The first-order valence-electron chi connectivity index (χ1n) is 9.43. The molecular formula is C19H33Cl3N4O4Ti. The van der Waals surface area contributed by atoms with Crippen LogP contribution in [0.4, 0.5) is 0 Å². The zero-order valence-corrected chi connectivity index (χ0v) is 23.0. The molecule has 4 unspecified atom stereocenters. The van der Waals surface area contributed by atoms with Crippen molar-refractivity contribution in [2.75, 3.05) is 47.3 Å². The normalized spacial score (nSPS) is 29.1. The molecule has 178 valence electrons. The maximum Gasteiger partial charge on any atom is -1.00 e. The fourth-order valence-electron chi connectivity index (χ4n) is 3.58. The number of Topliss-reactive ketones (excluding diaryl/α,β-unsaturated/α-hetero) is 4. The summed E-state index contributed by atoms with van der Waals surface area (Å²) in [7, 11) is 5.45. The molecule has 4 atom stereocenters. The summed E-state index contributed by atoms with van der Waals surface area (Å²) in [5.74, 6) is -0.119. The summed E-state index contributed by atoms with van der Waals surface area (Å²) in [5.41, 5.74) is 0. The van der Waals surface area contributed by atoms with Crippen LogP contribution in [0.1, 0.15) is 27.7 Å². The van der Waals surface area contributed by atoms with E-state index in [-0.39, 0.29) is 60.4 Å². The fourth-order valence-corrected chi connectivity index (χ4v) is 4.11. The minimum absolute atomic E-state index is 0. The van der Waals surface area contributed by atoms with E-state index in [1.54, 1.807) is 0 Å². The van der Waals surface area contributed by atoms with Crippen molar-refractivity contribution in [3.63, 3.8) is 0 Å². The van der Waals surface area contributed by atoms with E-state index in [1.807, 2.05) is 56.3 Å². The number of nitrogens with one attached hydrogen (secondary N) is 1. The van der Waals surface area contributed by atoms with Gasteiger partial charge in [0, 0.05) is 0 Å². The van der Waals surface area contributed by atoms with Gasteiger partial charge in [-0.1, -0.05) is 0 Å². The first-order chi connectivity index (χ1) is 12.8. The van der Waals surface area contributed by atoms with Crippen LogP contribution in [0, 0.1) is 0 Å². The monoisotopic (exact) mass is 534 g/mol. The van der Waals surface area contributed by atoms with Crippen molar-refractivity contribution in [1.29, 1.82) is 0 Å². The second kappa shape index (κ2) is 15.1. The molecule has 1 aliphatic heterocycles. The van der Waals surface area contributed by atoms with Crippen LogP contribution in [-0.4, -0.2) is 107 Å². The van der Waals surface area contributed by atoms with Crippen LogP contribution >= 0.6 is 0 Å². The maximum absolute atomic E-state index is 12.6. The summed E-state index contributed by atoms with van der Waals surface area (Å²) >= 11 is 1.85. The van der Waals surface area contributed by atoms with Crippen LogP contribution in [0.5, 0.6) is 0 Å². The average molecular weight is 536 g/mol. The van der Waals surface area contributed by atoms with E-state index in [9.17, 15) is 19.2 Å². The van der Waals surface area contributed by atoms with Gasteiger partial charge in [-0.15, -0.1) is 0 Å². The van der Waals surface area contributed by atoms with Gasteiger partial charge in [0.05, 0.1) is 0 Å². The summed E-state index contributed by atoms with van der Waals surface area (Å²) in [5, 5.41) is 3.19. The Labute approximate surface area is 216 Å². The minimum Gasteiger partial charge on any atom is -1.00 e. The first kappa shape index (κ1) is 35.7. The standard InChI is InChI=1S/C19H33N4O4.3ClH.Ti/c1-12(24)16-9-21(5)18(14(3)26)11-23(7)19(15(4)27)10-22(6)17(8-20-16)13(2)25;;;;/h16-18,20H,8-11H2,1-7H3;3*1H;/q;;;;+3/p-3. The van der Waals surface area contributed by atoms with Crippen LogP contribution < -0.4 is 42.5 Å². The molecule has 8 nitrogen and oxygen atoms in total. The van der Waals surface area contributed by atoms with Crippen LogP contribution in [0.2, 0.25) is 0 Å². The van der Waals surface area contributed by atoms with Gasteiger partial charge in [-0.3, -0.25) is 0 Å². The fraction of sp³-hybridized carbons (Fsp3) is 0.789. The molecule has 1 rings (SSSR count). The molecule has 0 aromatic rings. The number of rotatable bonds is 4. The van der Waals surface area contributed by atoms with Crippen molar-refractivity contribution in [2.24, 2.45) is 0 Å². The third-order valence-corrected chi connectivity index (χ3v) is 7.07. The number of hydrogen-bond acceptors (Lipinski definition) is 8. The largest absolute Gasteiger partial charge is 1.00 e. The third-order valence-electron chi connectivity index (χ3n) is 5.68.